The number of hydrogen-bond donors (Lipinski definition) is 1. The standard InChI is InChI=1S/C14H27N3O2/c1-11(2)10-16-5-7-17(8-6-16)14(18)13-12(3)19-9-4-15-13/h11-13,15H,4-10H2,1-3H3/t12-,13+/m1/s1. The van der Waals surface area contributed by atoms with E-state index in [1.807, 2.05) is 11.8 Å². The highest BCUT2D eigenvalue weighted by Gasteiger charge is 2.33. The lowest BCUT2D eigenvalue weighted by Crippen LogP contribution is -2.59. The van der Waals surface area contributed by atoms with Gasteiger partial charge in [-0.3, -0.25) is 9.69 Å². The van der Waals surface area contributed by atoms with E-state index in [2.05, 4.69) is 24.1 Å². The number of nitrogens with one attached hydrogen (secondary N) is 1. The summed E-state index contributed by atoms with van der Waals surface area (Å²) in [4.78, 5) is 16.9. The summed E-state index contributed by atoms with van der Waals surface area (Å²) >= 11 is 0. The average molecular weight is 269 g/mol. The van der Waals surface area contributed by atoms with Gasteiger partial charge in [0.2, 0.25) is 5.91 Å². The van der Waals surface area contributed by atoms with E-state index in [-0.39, 0.29) is 18.1 Å². The Balaban J connectivity index is 1.81. The summed E-state index contributed by atoms with van der Waals surface area (Å²) in [6.45, 7) is 12.7. The molecule has 2 aliphatic rings. The molecule has 1 amide bonds. The Morgan fingerprint density at radius 2 is 2.00 bits per heavy atom. The summed E-state index contributed by atoms with van der Waals surface area (Å²) in [6, 6.07) is -0.162. The molecule has 0 saturated carbocycles. The highest BCUT2D eigenvalue weighted by atomic mass is 16.5. The fraction of sp³-hybridized carbons (Fsp3) is 0.929. The van der Waals surface area contributed by atoms with Gasteiger partial charge in [0.25, 0.3) is 0 Å². The lowest BCUT2D eigenvalue weighted by atomic mass is 10.1. The van der Waals surface area contributed by atoms with Crippen molar-refractivity contribution in [2.75, 3.05) is 45.9 Å². The van der Waals surface area contributed by atoms with Gasteiger partial charge in [-0.15, -0.1) is 0 Å². The van der Waals surface area contributed by atoms with Gasteiger partial charge < -0.3 is 15.0 Å². The van der Waals surface area contributed by atoms with Crippen LogP contribution in [0.1, 0.15) is 20.8 Å². The fourth-order valence-corrected chi connectivity index (χ4v) is 2.87. The normalized spacial score (nSPS) is 29.8. The molecule has 2 rings (SSSR count). The van der Waals surface area contributed by atoms with Gasteiger partial charge in [-0.05, 0) is 12.8 Å². The van der Waals surface area contributed by atoms with Gasteiger partial charge in [0, 0.05) is 39.3 Å². The summed E-state index contributed by atoms with van der Waals surface area (Å²) in [5, 5.41) is 3.28. The molecule has 5 nitrogen and oxygen atoms in total. The van der Waals surface area contributed by atoms with E-state index in [1.165, 1.54) is 0 Å². The summed E-state index contributed by atoms with van der Waals surface area (Å²) in [5.41, 5.74) is 0. The number of carbonyl (C=O) groups excluding carboxylic acids is 1. The highest BCUT2D eigenvalue weighted by molar-refractivity contribution is 5.82. The maximum Gasteiger partial charge on any atom is 0.242 e. The Morgan fingerprint density at radius 3 is 2.58 bits per heavy atom. The molecule has 2 saturated heterocycles. The first-order chi connectivity index (χ1) is 9.08. The fourth-order valence-electron chi connectivity index (χ4n) is 2.87. The minimum absolute atomic E-state index is 0.0186. The van der Waals surface area contributed by atoms with Crippen LogP contribution in [0.25, 0.3) is 0 Å². The quantitative estimate of drug-likeness (QED) is 0.793. The molecule has 0 aromatic rings. The minimum atomic E-state index is -0.162. The van der Waals surface area contributed by atoms with Crippen LogP contribution in [0, 0.1) is 5.92 Å². The van der Waals surface area contributed by atoms with E-state index >= 15 is 0 Å². The van der Waals surface area contributed by atoms with Crippen LogP contribution in [0.5, 0.6) is 0 Å². The summed E-state index contributed by atoms with van der Waals surface area (Å²) < 4.78 is 5.56. The summed E-state index contributed by atoms with van der Waals surface area (Å²) in [5.74, 6) is 0.895. The maximum absolute atomic E-state index is 12.5. The predicted octanol–water partition coefficient (Wildman–Crippen LogP) is 0.164. The lowest BCUT2D eigenvalue weighted by Gasteiger charge is -2.39. The molecule has 0 aliphatic carbocycles. The SMILES string of the molecule is CC(C)CN1CCN(C(=O)[C@H]2NCCO[C@@H]2C)CC1. The van der Waals surface area contributed by atoms with Crippen molar-refractivity contribution in [2.24, 2.45) is 5.92 Å². The number of piperazine rings is 1. The zero-order chi connectivity index (χ0) is 13.8. The van der Waals surface area contributed by atoms with Crippen LogP contribution >= 0.6 is 0 Å². The summed E-state index contributed by atoms with van der Waals surface area (Å²) in [6.07, 6.45) is -0.0186. The number of rotatable bonds is 3. The molecule has 0 aromatic carbocycles. The van der Waals surface area contributed by atoms with E-state index in [0.29, 0.717) is 12.5 Å². The van der Waals surface area contributed by atoms with Crippen molar-refractivity contribution in [1.29, 1.82) is 0 Å². The predicted molar refractivity (Wildman–Crippen MR) is 75.1 cm³/mol. The van der Waals surface area contributed by atoms with Crippen LogP contribution < -0.4 is 5.32 Å². The number of carbonyl (C=O) groups is 1. The van der Waals surface area contributed by atoms with E-state index < -0.39 is 0 Å². The second-order valence-electron chi connectivity index (χ2n) is 6.03. The third-order valence-corrected chi connectivity index (χ3v) is 3.89. The van der Waals surface area contributed by atoms with Crippen molar-refractivity contribution in [1.82, 2.24) is 15.1 Å². The van der Waals surface area contributed by atoms with Crippen LogP contribution in [0.3, 0.4) is 0 Å². The Hall–Kier alpha value is -0.650. The second-order valence-corrected chi connectivity index (χ2v) is 6.03. The van der Waals surface area contributed by atoms with Gasteiger partial charge in [-0.1, -0.05) is 13.8 Å². The molecule has 1 N–H and O–H groups in total. The molecule has 2 fully saturated rings. The number of ether oxygens (including phenoxy) is 1. The zero-order valence-corrected chi connectivity index (χ0v) is 12.4. The Morgan fingerprint density at radius 1 is 1.32 bits per heavy atom. The molecular weight excluding hydrogens is 242 g/mol. The second kappa shape index (κ2) is 6.68. The molecule has 110 valence electrons. The number of amides is 1. The van der Waals surface area contributed by atoms with Crippen molar-refractivity contribution >= 4 is 5.91 Å². The first kappa shape index (κ1) is 14.8. The van der Waals surface area contributed by atoms with Crippen molar-refractivity contribution in [3.63, 3.8) is 0 Å². The Labute approximate surface area is 116 Å². The first-order valence-electron chi connectivity index (χ1n) is 7.44. The van der Waals surface area contributed by atoms with Gasteiger partial charge in [0.15, 0.2) is 0 Å². The first-order valence-corrected chi connectivity index (χ1v) is 7.44. The van der Waals surface area contributed by atoms with Crippen molar-refractivity contribution < 1.29 is 9.53 Å². The molecule has 0 radical (unpaired) electrons. The van der Waals surface area contributed by atoms with Crippen LogP contribution in [-0.4, -0.2) is 73.7 Å². The van der Waals surface area contributed by atoms with Crippen LogP contribution in [0.2, 0.25) is 0 Å². The maximum atomic E-state index is 12.5. The molecular formula is C14H27N3O2. The van der Waals surface area contributed by atoms with Crippen molar-refractivity contribution in [3.8, 4) is 0 Å². The molecule has 0 bridgehead atoms. The van der Waals surface area contributed by atoms with Crippen LogP contribution in [0.15, 0.2) is 0 Å². The lowest BCUT2D eigenvalue weighted by molar-refractivity contribution is -0.141. The van der Waals surface area contributed by atoms with Gasteiger partial charge in [-0.2, -0.15) is 0 Å². The smallest absolute Gasteiger partial charge is 0.242 e. The molecule has 0 unspecified atom stereocenters. The average Bonchev–Trinajstić information content (AvgIpc) is 2.39. The van der Waals surface area contributed by atoms with E-state index in [0.717, 1.165) is 39.3 Å². The monoisotopic (exact) mass is 269 g/mol. The molecule has 2 atom stereocenters. The minimum Gasteiger partial charge on any atom is -0.375 e. The molecule has 2 heterocycles. The van der Waals surface area contributed by atoms with Crippen LogP contribution in [-0.2, 0) is 9.53 Å². The van der Waals surface area contributed by atoms with E-state index in [1.54, 1.807) is 0 Å². The van der Waals surface area contributed by atoms with Gasteiger partial charge in [0.05, 0.1) is 12.7 Å². The molecule has 2 aliphatic heterocycles. The number of morpholine rings is 1. The zero-order valence-electron chi connectivity index (χ0n) is 12.4. The van der Waals surface area contributed by atoms with Crippen molar-refractivity contribution in [2.45, 2.75) is 32.9 Å². The Bertz CT molecular complexity index is 301. The molecule has 5 heteroatoms. The third-order valence-electron chi connectivity index (χ3n) is 3.89. The third kappa shape index (κ3) is 3.91. The van der Waals surface area contributed by atoms with Crippen molar-refractivity contribution in [3.05, 3.63) is 0 Å². The number of nitrogens with zero attached hydrogens (tertiary/aromatic N) is 2. The molecule has 0 aromatic heterocycles. The summed E-state index contributed by atoms with van der Waals surface area (Å²) in [7, 11) is 0. The van der Waals surface area contributed by atoms with E-state index in [9.17, 15) is 4.79 Å². The largest absolute Gasteiger partial charge is 0.375 e. The van der Waals surface area contributed by atoms with Gasteiger partial charge in [-0.25, -0.2) is 0 Å². The highest BCUT2D eigenvalue weighted by Crippen LogP contribution is 2.11. The van der Waals surface area contributed by atoms with Gasteiger partial charge in [0.1, 0.15) is 6.04 Å². The topological polar surface area (TPSA) is 44.8 Å². The molecule has 0 spiro atoms. The van der Waals surface area contributed by atoms with Crippen LogP contribution in [0.4, 0.5) is 0 Å². The van der Waals surface area contributed by atoms with Gasteiger partial charge >= 0.3 is 0 Å². The Kier molecular flexibility index (Phi) is 5.19. The number of hydrogen-bond acceptors (Lipinski definition) is 4. The molecule has 19 heavy (non-hydrogen) atoms. The van der Waals surface area contributed by atoms with E-state index in [4.69, 9.17) is 4.74 Å².